The maximum absolute atomic E-state index is 13.3. The molecular weight excluding hydrogens is 470 g/mol. The van der Waals surface area contributed by atoms with E-state index < -0.39 is 10.0 Å². The smallest absolute Gasteiger partial charge is 0.257 e. The summed E-state index contributed by atoms with van der Waals surface area (Å²) in [6.07, 6.45) is 11.1. The van der Waals surface area contributed by atoms with Gasteiger partial charge >= 0.3 is 0 Å². The summed E-state index contributed by atoms with van der Waals surface area (Å²) in [5.41, 5.74) is 1.95. The van der Waals surface area contributed by atoms with Crippen molar-refractivity contribution >= 4 is 44.8 Å². The lowest BCUT2D eigenvalue weighted by molar-refractivity contribution is 0.0965. The molecule has 4 rings (SSSR count). The van der Waals surface area contributed by atoms with Crippen LogP contribution in [0.25, 0.3) is 17.1 Å². The highest BCUT2D eigenvalue weighted by Gasteiger charge is 2.29. The van der Waals surface area contributed by atoms with Crippen molar-refractivity contribution in [1.29, 1.82) is 0 Å². The standard InChI is InChI=1S/C25H25N3O4S2/c1-3-17-33-25-26-20-9-5-6-10-21(20)28(25)24(29)14-12-19-11-13-22(32-2)23(18-19)34(30,31)27-15-7-4-8-16-27/h1,5-6,9-14,18H,4,7-8,15-17H2,2H3. The second-order valence-electron chi connectivity index (χ2n) is 7.76. The molecule has 1 fully saturated rings. The van der Waals surface area contributed by atoms with Gasteiger partial charge in [0.25, 0.3) is 5.91 Å². The summed E-state index contributed by atoms with van der Waals surface area (Å²) in [6.45, 7) is 0.992. The van der Waals surface area contributed by atoms with Crippen LogP contribution in [0.2, 0.25) is 0 Å². The van der Waals surface area contributed by atoms with Crippen molar-refractivity contribution in [2.24, 2.45) is 0 Å². The second-order valence-corrected chi connectivity index (χ2v) is 10.6. The second kappa shape index (κ2) is 10.5. The van der Waals surface area contributed by atoms with E-state index in [4.69, 9.17) is 11.2 Å². The number of carbonyl (C=O) groups excluding carboxylic acids is 1. The fourth-order valence-electron chi connectivity index (χ4n) is 3.90. The molecule has 0 atom stereocenters. The molecule has 0 amide bonds. The molecule has 34 heavy (non-hydrogen) atoms. The van der Waals surface area contributed by atoms with Gasteiger partial charge in [0.15, 0.2) is 5.16 Å². The fraction of sp³-hybridized carbons (Fsp3) is 0.280. The Kier molecular flexibility index (Phi) is 7.41. The Balaban J connectivity index is 1.67. The van der Waals surface area contributed by atoms with Crippen molar-refractivity contribution in [3.8, 4) is 18.1 Å². The van der Waals surface area contributed by atoms with E-state index in [0.29, 0.717) is 40.6 Å². The average Bonchev–Trinajstić information content (AvgIpc) is 3.24. The number of thioether (sulfide) groups is 1. The van der Waals surface area contributed by atoms with Crippen LogP contribution in [-0.2, 0) is 10.0 Å². The summed E-state index contributed by atoms with van der Waals surface area (Å²) in [7, 11) is -2.26. The predicted octanol–water partition coefficient (Wildman–Crippen LogP) is 4.30. The topological polar surface area (TPSA) is 81.5 Å². The van der Waals surface area contributed by atoms with Gasteiger partial charge in [-0.05, 0) is 48.7 Å². The number of aromatic nitrogens is 2. The van der Waals surface area contributed by atoms with Gasteiger partial charge in [-0.2, -0.15) is 4.31 Å². The Hall–Kier alpha value is -3.06. The van der Waals surface area contributed by atoms with Crippen molar-refractivity contribution in [2.75, 3.05) is 26.0 Å². The third-order valence-corrected chi connectivity index (χ3v) is 8.34. The Bertz CT molecular complexity index is 1380. The largest absolute Gasteiger partial charge is 0.495 e. The molecule has 2 heterocycles. The first-order chi connectivity index (χ1) is 16.5. The molecular formula is C25H25N3O4S2. The number of hydrogen-bond donors (Lipinski definition) is 0. The number of para-hydroxylation sites is 2. The molecule has 176 valence electrons. The van der Waals surface area contributed by atoms with Gasteiger partial charge in [-0.15, -0.1) is 6.42 Å². The van der Waals surface area contributed by atoms with Crippen LogP contribution in [0.4, 0.5) is 0 Å². The first-order valence-corrected chi connectivity index (χ1v) is 13.3. The number of fused-ring (bicyclic) bond motifs is 1. The lowest BCUT2D eigenvalue weighted by Gasteiger charge is -2.26. The summed E-state index contributed by atoms with van der Waals surface area (Å²) in [5, 5.41) is 0.511. The molecule has 0 unspecified atom stereocenters. The first kappa shape index (κ1) is 24.1. The Labute approximate surface area is 203 Å². The zero-order chi connectivity index (χ0) is 24.1. The maximum Gasteiger partial charge on any atom is 0.257 e. The summed E-state index contributed by atoms with van der Waals surface area (Å²) >= 11 is 1.31. The number of imidazole rings is 1. The van der Waals surface area contributed by atoms with Crippen LogP contribution in [0.5, 0.6) is 5.75 Å². The van der Waals surface area contributed by atoms with Crippen molar-refractivity contribution in [2.45, 2.75) is 29.3 Å². The van der Waals surface area contributed by atoms with Gasteiger partial charge in [0.05, 0.1) is 23.9 Å². The van der Waals surface area contributed by atoms with E-state index >= 15 is 0 Å². The zero-order valence-corrected chi connectivity index (χ0v) is 20.4. The molecule has 7 nitrogen and oxygen atoms in total. The Morgan fingerprint density at radius 1 is 1.21 bits per heavy atom. The lowest BCUT2D eigenvalue weighted by Crippen LogP contribution is -2.35. The molecule has 2 aromatic carbocycles. The van der Waals surface area contributed by atoms with Gasteiger partial charge in [-0.3, -0.25) is 9.36 Å². The van der Waals surface area contributed by atoms with Gasteiger partial charge in [0, 0.05) is 19.2 Å². The molecule has 1 aliphatic heterocycles. The Morgan fingerprint density at radius 2 is 1.97 bits per heavy atom. The van der Waals surface area contributed by atoms with E-state index in [1.54, 1.807) is 24.3 Å². The molecule has 1 aliphatic rings. The van der Waals surface area contributed by atoms with Crippen molar-refractivity contribution in [1.82, 2.24) is 13.9 Å². The van der Waals surface area contributed by atoms with Crippen LogP contribution in [0.1, 0.15) is 29.6 Å². The molecule has 0 saturated carbocycles. The summed E-state index contributed by atoms with van der Waals surface area (Å²) in [6, 6.07) is 12.2. The Morgan fingerprint density at radius 3 is 2.71 bits per heavy atom. The van der Waals surface area contributed by atoms with E-state index in [1.165, 1.54) is 33.8 Å². The first-order valence-electron chi connectivity index (χ1n) is 10.9. The molecule has 9 heteroatoms. The monoisotopic (exact) mass is 495 g/mol. The van der Waals surface area contributed by atoms with Crippen LogP contribution in [0.15, 0.2) is 58.6 Å². The highest BCUT2D eigenvalue weighted by molar-refractivity contribution is 7.99. The van der Waals surface area contributed by atoms with Crippen LogP contribution in [-0.4, -0.2) is 54.1 Å². The molecule has 0 spiro atoms. The van der Waals surface area contributed by atoms with Gasteiger partial charge in [-0.1, -0.05) is 42.3 Å². The number of hydrogen-bond acceptors (Lipinski definition) is 6. The average molecular weight is 496 g/mol. The number of rotatable bonds is 7. The van der Waals surface area contributed by atoms with E-state index in [1.807, 2.05) is 24.3 Å². The summed E-state index contributed by atoms with van der Waals surface area (Å²) < 4.78 is 34.9. The van der Waals surface area contributed by atoms with Crippen molar-refractivity contribution in [3.05, 3.63) is 54.1 Å². The summed E-state index contributed by atoms with van der Waals surface area (Å²) in [4.78, 5) is 17.8. The predicted molar refractivity (Wildman–Crippen MR) is 135 cm³/mol. The number of allylic oxidation sites excluding steroid dienone is 1. The minimum atomic E-state index is -3.70. The number of piperidine rings is 1. The third-order valence-electron chi connectivity index (χ3n) is 5.57. The van der Waals surface area contributed by atoms with Crippen molar-refractivity contribution in [3.63, 3.8) is 0 Å². The molecule has 0 bridgehead atoms. The van der Waals surface area contributed by atoms with Gasteiger partial charge in [0.1, 0.15) is 10.6 Å². The quantitative estimate of drug-likeness (QED) is 0.276. The zero-order valence-electron chi connectivity index (χ0n) is 18.8. The molecule has 0 N–H and O–H groups in total. The number of sulfonamides is 1. The normalized spacial score (nSPS) is 14.9. The fourth-order valence-corrected chi connectivity index (χ4v) is 6.31. The molecule has 1 aromatic heterocycles. The van der Waals surface area contributed by atoms with Crippen LogP contribution >= 0.6 is 11.8 Å². The van der Waals surface area contributed by atoms with E-state index in [9.17, 15) is 13.2 Å². The van der Waals surface area contributed by atoms with Gasteiger partial charge < -0.3 is 4.74 Å². The number of terminal acetylenes is 1. The lowest BCUT2D eigenvalue weighted by atomic mass is 10.2. The van der Waals surface area contributed by atoms with E-state index in [0.717, 1.165) is 19.3 Å². The van der Waals surface area contributed by atoms with Crippen LogP contribution < -0.4 is 4.74 Å². The van der Waals surface area contributed by atoms with E-state index in [2.05, 4.69) is 10.9 Å². The molecule has 0 aliphatic carbocycles. The SMILES string of the molecule is C#CCSc1nc2ccccc2n1C(=O)C=Cc1ccc(OC)c(S(=O)(=O)N2CCCCC2)c1. The molecule has 0 radical (unpaired) electrons. The summed E-state index contributed by atoms with van der Waals surface area (Å²) in [5.74, 6) is 2.91. The number of nitrogens with zero attached hydrogens (tertiary/aromatic N) is 3. The third kappa shape index (κ3) is 4.89. The number of benzene rings is 2. The van der Waals surface area contributed by atoms with Crippen LogP contribution in [0.3, 0.4) is 0 Å². The minimum absolute atomic E-state index is 0.102. The number of carbonyl (C=O) groups is 1. The highest BCUT2D eigenvalue weighted by atomic mass is 32.2. The molecule has 3 aromatic rings. The van der Waals surface area contributed by atoms with Crippen molar-refractivity contribution < 1.29 is 17.9 Å². The maximum atomic E-state index is 13.3. The van der Waals surface area contributed by atoms with Crippen LogP contribution in [0, 0.1) is 12.3 Å². The number of ether oxygens (including phenoxy) is 1. The highest BCUT2D eigenvalue weighted by Crippen LogP contribution is 2.30. The van der Waals surface area contributed by atoms with Gasteiger partial charge in [0.2, 0.25) is 10.0 Å². The minimum Gasteiger partial charge on any atom is -0.495 e. The van der Waals surface area contributed by atoms with E-state index in [-0.39, 0.29) is 16.6 Å². The van der Waals surface area contributed by atoms with Gasteiger partial charge in [-0.25, -0.2) is 13.4 Å². The number of methoxy groups -OCH3 is 1. The molecule has 1 saturated heterocycles.